The number of hydrogen-bond acceptors (Lipinski definition) is 3. The lowest BCUT2D eigenvalue weighted by molar-refractivity contribution is 0.0940. The molecule has 2 aromatic heterocycles. The molecule has 1 amide bonds. The standard InChI is InChI=1S/C17H16FN3OS/c1-12(9-16-3-2-8-23-16)20-17(22)13-10-19-21(11-13)15-6-4-14(18)5-7-15/h2-8,10-12H,9H2,1H3,(H,20,22)/t12-/m0/s1. The Balaban J connectivity index is 1.65. The molecule has 118 valence electrons. The number of aromatic nitrogens is 2. The maximum absolute atomic E-state index is 12.9. The summed E-state index contributed by atoms with van der Waals surface area (Å²) in [7, 11) is 0. The van der Waals surface area contributed by atoms with Gasteiger partial charge in [-0.25, -0.2) is 9.07 Å². The number of rotatable bonds is 5. The summed E-state index contributed by atoms with van der Waals surface area (Å²) in [6.07, 6.45) is 3.95. The van der Waals surface area contributed by atoms with E-state index in [0.29, 0.717) is 11.3 Å². The monoisotopic (exact) mass is 329 g/mol. The highest BCUT2D eigenvalue weighted by Gasteiger charge is 2.13. The van der Waals surface area contributed by atoms with Crippen LogP contribution in [-0.4, -0.2) is 21.7 Å². The third kappa shape index (κ3) is 3.84. The first-order chi connectivity index (χ1) is 11.1. The number of amides is 1. The van der Waals surface area contributed by atoms with Crippen LogP contribution in [0.15, 0.2) is 54.2 Å². The average Bonchev–Trinajstić information content (AvgIpc) is 3.19. The van der Waals surface area contributed by atoms with Crippen LogP contribution in [0.5, 0.6) is 0 Å². The minimum atomic E-state index is -0.304. The Bertz CT molecular complexity index is 781. The van der Waals surface area contributed by atoms with Gasteiger partial charge in [-0.3, -0.25) is 4.79 Å². The van der Waals surface area contributed by atoms with Gasteiger partial charge in [0.15, 0.2) is 0 Å². The Hall–Kier alpha value is -2.47. The lowest BCUT2D eigenvalue weighted by Gasteiger charge is -2.11. The first kappa shape index (κ1) is 15.4. The van der Waals surface area contributed by atoms with Gasteiger partial charge < -0.3 is 5.32 Å². The fourth-order valence-electron chi connectivity index (χ4n) is 2.26. The lowest BCUT2D eigenvalue weighted by Crippen LogP contribution is -2.33. The molecule has 0 radical (unpaired) electrons. The van der Waals surface area contributed by atoms with Crippen molar-refractivity contribution in [2.75, 3.05) is 0 Å². The molecule has 0 spiro atoms. The van der Waals surface area contributed by atoms with Crippen molar-refractivity contribution in [3.8, 4) is 5.69 Å². The summed E-state index contributed by atoms with van der Waals surface area (Å²) in [6, 6.07) is 10.0. The second kappa shape index (κ2) is 6.75. The normalized spacial score (nSPS) is 12.1. The number of carbonyl (C=O) groups is 1. The van der Waals surface area contributed by atoms with Gasteiger partial charge >= 0.3 is 0 Å². The summed E-state index contributed by atoms with van der Waals surface area (Å²) in [5.41, 5.74) is 1.18. The third-order valence-electron chi connectivity index (χ3n) is 3.40. The second-order valence-corrected chi connectivity index (χ2v) is 6.34. The van der Waals surface area contributed by atoms with E-state index in [9.17, 15) is 9.18 Å². The van der Waals surface area contributed by atoms with Crippen LogP contribution >= 0.6 is 11.3 Å². The van der Waals surface area contributed by atoms with Crippen LogP contribution in [0.2, 0.25) is 0 Å². The van der Waals surface area contributed by atoms with Crippen molar-refractivity contribution in [3.63, 3.8) is 0 Å². The fourth-order valence-corrected chi connectivity index (χ4v) is 3.10. The van der Waals surface area contributed by atoms with Gasteiger partial charge in [-0.2, -0.15) is 5.10 Å². The average molecular weight is 329 g/mol. The zero-order valence-electron chi connectivity index (χ0n) is 12.6. The number of carbonyl (C=O) groups excluding carboxylic acids is 1. The largest absolute Gasteiger partial charge is 0.349 e. The maximum Gasteiger partial charge on any atom is 0.254 e. The first-order valence-corrected chi connectivity index (χ1v) is 8.13. The van der Waals surface area contributed by atoms with Gasteiger partial charge in [-0.1, -0.05) is 6.07 Å². The van der Waals surface area contributed by atoms with E-state index in [4.69, 9.17) is 0 Å². The van der Waals surface area contributed by atoms with Crippen LogP contribution in [0, 0.1) is 5.82 Å². The van der Waals surface area contributed by atoms with E-state index >= 15 is 0 Å². The van der Waals surface area contributed by atoms with Gasteiger partial charge in [0.1, 0.15) is 5.82 Å². The topological polar surface area (TPSA) is 46.9 Å². The summed E-state index contributed by atoms with van der Waals surface area (Å²) < 4.78 is 14.5. The van der Waals surface area contributed by atoms with Crippen molar-refractivity contribution in [2.24, 2.45) is 0 Å². The molecule has 0 aliphatic heterocycles. The molecule has 3 rings (SSSR count). The smallest absolute Gasteiger partial charge is 0.254 e. The molecule has 0 unspecified atom stereocenters. The van der Waals surface area contributed by atoms with Gasteiger partial charge in [0.25, 0.3) is 5.91 Å². The third-order valence-corrected chi connectivity index (χ3v) is 4.30. The zero-order valence-corrected chi connectivity index (χ0v) is 13.4. The zero-order chi connectivity index (χ0) is 16.2. The van der Waals surface area contributed by atoms with E-state index in [1.807, 2.05) is 18.4 Å². The van der Waals surface area contributed by atoms with Crippen molar-refractivity contribution in [1.82, 2.24) is 15.1 Å². The number of nitrogens with zero attached hydrogens (tertiary/aromatic N) is 2. The number of hydrogen-bond donors (Lipinski definition) is 1. The molecule has 1 atom stereocenters. The summed E-state index contributed by atoms with van der Waals surface area (Å²) in [6.45, 7) is 1.97. The van der Waals surface area contributed by atoms with Crippen LogP contribution in [0.25, 0.3) is 5.69 Å². The number of benzene rings is 1. The molecule has 0 saturated heterocycles. The molecule has 3 aromatic rings. The van der Waals surface area contributed by atoms with Gasteiger partial charge in [-0.05, 0) is 42.6 Å². The SMILES string of the molecule is C[C@@H](Cc1cccs1)NC(=O)c1cnn(-c2ccc(F)cc2)c1. The number of thiophene rings is 1. The summed E-state index contributed by atoms with van der Waals surface area (Å²) >= 11 is 1.68. The number of halogens is 1. The highest BCUT2D eigenvalue weighted by atomic mass is 32.1. The minimum absolute atomic E-state index is 0.0373. The predicted octanol–water partition coefficient (Wildman–Crippen LogP) is 3.43. The van der Waals surface area contributed by atoms with Gasteiger partial charge in [0.05, 0.1) is 17.4 Å². The van der Waals surface area contributed by atoms with E-state index < -0.39 is 0 Å². The van der Waals surface area contributed by atoms with Crippen LogP contribution in [0.3, 0.4) is 0 Å². The molecular weight excluding hydrogens is 313 g/mol. The van der Waals surface area contributed by atoms with Crippen LogP contribution in [-0.2, 0) is 6.42 Å². The Labute approximate surface area is 137 Å². The summed E-state index contributed by atoms with van der Waals surface area (Å²) in [5, 5.41) is 9.14. The molecule has 0 aliphatic carbocycles. The van der Waals surface area contributed by atoms with Crippen molar-refractivity contribution in [3.05, 3.63) is 70.4 Å². The van der Waals surface area contributed by atoms with E-state index in [-0.39, 0.29) is 17.8 Å². The highest BCUT2D eigenvalue weighted by Crippen LogP contribution is 2.12. The highest BCUT2D eigenvalue weighted by molar-refractivity contribution is 7.09. The van der Waals surface area contributed by atoms with E-state index in [2.05, 4.69) is 16.5 Å². The molecule has 0 aliphatic rings. The predicted molar refractivity (Wildman–Crippen MR) is 88.5 cm³/mol. The van der Waals surface area contributed by atoms with E-state index in [0.717, 1.165) is 6.42 Å². The maximum atomic E-state index is 12.9. The molecular formula is C17H16FN3OS. The summed E-state index contributed by atoms with van der Waals surface area (Å²) in [5.74, 6) is -0.469. The number of nitrogens with one attached hydrogen (secondary N) is 1. The minimum Gasteiger partial charge on any atom is -0.349 e. The van der Waals surface area contributed by atoms with Crippen LogP contribution in [0.4, 0.5) is 4.39 Å². The van der Waals surface area contributed by atoms with Crippen LogP contribution < -0.4 is 5.32 Å². The molecule has 2 heterocycles. The molecule has 0 saturated carbocycles. The van der Waals surface area contributed by atoms with E-state index in [1.54, 1.807) is 34.3 Å². The van der Waals surface area contributed by atoms with Gasteiger partial charge in [0.2, 0.25) is 0 Å². The van der Waals surface area contributed by atoms with E-state index in [1.165, 1.54) is 23.2 Å². The van der Waals surface area contributed by atoms with Crippen LogP contribution in [0.1, 0.15) is 22.2 Å². The van der Waals surface area contributed by atoms with Gasteiger partial charge in [0, 0.05) is 23.5 Å². The first-order valence-electron chi connectivity index (χ1n) is 7.25. The lowest BCUT2D eigenvalue weighted by atomic mass is 10.2. The molecule has 0 fully saturated rings. The molecule has 0 bridgehead atoms. The van der Waals surface area contributed by atoms with Crippen molar-refractivity contribution < 1.29 is 9.18 Å². The molecule has 4 nitrogen and oxygen atoms in total. The molecule has 1 aromatic carbocycles. The molecule has 1 N–H and O–H groups in total. The Morgan fingerprint density at radius 1 is 1.35 bits per heavy atom. The Morgan fingerprint density at radius 3 is 2.83 bits per heavy atom. The Kier molecular flexibility index (Phi) is 4.52. The van der Waals surface area contributed by atoms with Gasteiger partial charge in [-0.15, -0.1) is 11.3 Å². The van der Waals surface area contributed by atoms with Crippen molar-refractivity contribution in [2.45, 2.75) is 19.4 Å². The molecule has 6 heteroatoms. The second-order valence-electron chi connectivity index (χ2n) is 5.31. The molecule has 23 heavy (non-hydrogen) atoms. The fraction of sp³-hybridized carbons (Fsp3) is 0.176. The summed E-state index contributed by atoms with van der Waals surface area (Å²) in [4.78, 5) is 13.5. The van der Waals surface area contributed by atoms with Crippen molar-refractivity contribution in [1.29, 1.82) is 0 Å². The quantitative estimate of drug-likeness (QED) is 0.779. The van der Waals surface area contributed by atoms with Crippen molar-refractivity contribution >= 4 is 17.2 Å². The Morgan fingerprint density at radius 2 is 2.13 bits per heavy atom.